The second-order valence-electron chi connectivity index (χ2n) is 3.71. The minimum atomic E-state index is -0.459. The molecule has 1 aliphatic heterocycles. The van der Waals surface area contributed by atoms with Crippen LogP contribution in [0.15, 0.2) is 24.3 Å². The Balaban J connectivity index is 2.10. The molecule has 4 heteroatoms. The van der Waals surface area contributed by atoms with Crippen LogP contribution in [-0.4, -0.2) is 25.2 Å². The van der Waals surface area contributed by atoms with Crippen molar-refractivity contribution in [3.05, 3.63) is 29.8 Å². The van der Waals surface area contributed by atoms with E-state index in [1.807, 2.05) is 24.3 Å². The average Bonchev–Trinajstić information content (AvgIpc) is 2.68. The number of nitrogens with two attached hydrogens (primary N) is 1. The van der Waals surface area contributed by atoms with Gasteiger partial charge in [0.25, 0.3) is 0 Å². The summed E-state index contributed by atoms with van der Waals surface area (Å²) in [5.74, 6) is 0.458. The van der Waals surface area contributed by atoms with Gasteiger partial charge in [0.05, 0.1) is 6.61 Å². The lowest BCUT2D eigenvalue weighted by molar-refractivity contribution is -0.143. The first kappa shape index (κ1) is 11.0. The molecule has 1 fully saturated rings. The minimum absolute atomic E-state index is 0.275. The first-order chi connectivity index (χ1) is 7.81. The van der Waals surface area contributed by atoms with Crippen LogP contribution in [0.5, 0.6) is 5.75 Å². The Morgan fingerprint density at radius 3 is 2.94 bits per heavy atom. The van der Waals surface area contributed by atoms with Crippen LogP contribution in [-0.2, 0) is 16.0 Å². The van der Waals surface area contributed by atoms with E-state index in [1.165, 1.54) is 0 Å². The zero-order chi connectivity index (χ0) is 11.4. The maximum atomic E-state index is 11.3. The van der Waals surface area contributed by atoms with Crippen molar-refractivity contribution in [2.75, 3.05) is 13.2 Å². The topological polar surface area (TPSA) is 61.6 Å². The SMILES string of the molecule is NCCc1ccccc1OC1CCOC1=O. The van der Waals surface area contributed by atoms with Crippen LogP contribution in [0.3, 0.4) is 0 Å². The van der Waals surface area contributed by atoms with Gasteiger partial charge in [-0.25, -0.2) is 4.79 Å². The molecule has 1 aliphatic rings. The summed E-state index contributed by atoms with van der Waals surface area (Å²) >= 11 is 0. The lowest BCUT2D eigenvalue weighted by Gasteiger charge is -2.13. The van der Waals surface area contributed by atoms with Crippen LogP contribution in [0.25, 0.3) is 0 Å². The Bertz CT molecular complexity index is 378. The van der Waals surface area contributed by atoms with Gasteiger partial charge in [0.15, 0.2) is 6.10 Å². The molecule has 1 saturated heterocycles. The quantitative estimate of drug-likeness (QED) is 0.767. The fraction of sp³-hybridized carbons (Fsp3) is 0.417. The fourth-order valence-corrected chi connectivity index (χ4v) is 1.72. The standard InChI is InChI=1S/C12H15NO3/c13-7-5-9-3-1-2-4-10(9)16-11-6-8-15-12(11)14/h1-4,11H,5-8,13H2. The molecule has 1 atom stereocenters. The van der Waals surface area contributed by atoms with Crippen LogP contribution in [0, 0.1) is 0 Å². The third-order valence-corrected chi connectivity index (χ3v) is 2.54. The number of para-hydroxylation sites is 1. The van der Waals surface area contributed by atoms with E-state index in [1.54, 1.807) is 0 Å². The highest BCUT2D eigenvalue weighted by Crippen LogP contribution is 2.22. The van der Waals surface area contributed by atoms with Crippen molar-refractivity contribution in [2.24, 2.45) is 5.73 Å². The highest BCUT2D eigenvalue weighted by Gasteiger charge is 2.28. The minimum Gasteiger partial charge on any atom is -0.478 e. The Hall–Kier alpha value is -1.55. The molecule has 0 spiro atoms. The second-order valence-corrected chi connectivity index (χ2v) is 3.71. The summed E-state index contributed by atoms with van der Waals surface area (Å²) in [6.07, 6.45) is 0.909. The number of cyclic esters (lactones) is 1. The summed E-state index contributed by atoms with van der Waals surface area (Å²) in [6.45, 7) is 1.01. The van der Waals surface area contributed by atoms with Crippen molar-refractivity contribution in [1.82, 2.24) is 0 Å². The number of benzene rings is 1. The highest BCUT2D eigenvalue weighted by atomic mass is 16.6. The normalized spacial score (nSPS) is 19.6. The van der Waals surface area contributed by atoms with Gasteiger partial charge in [-0.05, 0) is 24.6 Å². The zero-order valence-corrected chi connectivity index (χ0v) is 9.02. The fourth-order valence-electron chi connectivity index (χ4n) is 1.72. The summed E-state index contributed by atoms with van der Waals surface area (Å²) in [7, 11) is 0. The second kappa shape index (κ2) is 4.99. The van der Waals surface area contributed by atoms with Crippen LogP contribution in [0.1, 0.15) is 12.0 Å². The van der Waals surface area contributed by atoms with E-state index >= 15 is 0 Å². The summed E-state index contributed by atoms with van der Waals surface area (Å²) in [5, 5.41) is 0. The van der Waals surface area contributed by atoms with Crippen molar-refractivity contribution in [2.45, 2.75) is 18.9 Å². The molecule has 0 bridgehead atoms. The molecule has 1 heterocycles. The molecule has 86 valence electrons. The molecule has 2 rings (SSSR count). The van der Waals surface area contributed by atoms with Crippen LogP contribution in [0.2, 0.25) is 0 Å². The van der Waals surface area contributed by atoms with Gasteiger partial charge in [-0.15, -0.1) is 0 Å². The first-order valence-corrected chi connectivity index (χ1v) is 5.42. The average molecular weight is 221 g/mol. The molecule has 4 nitrogen and oxygen atoms in total. The summed E-state index contributed by atoms with van der Waals surface area (Å²) < 4.78 is 10.5. The van der Waals surface area contributed by atoms with E-state index in [9.17, 15) is 4.79 Å². The van der Waals surface area contributed by atoms with Gasteiger partial charge in [-0.1, -0.05) is 18.2 Å². The predicted molar refractivity (Wildman–Crippen MR) is 59.2 cm³/mol. The van der Waals surface area contributed by atoms with Gasteiger partial charge in [-0.3, -0.25) is 0 Å². The van der Waals surface area contributed by atoms with Gasteiger partial charge >= 0.3 is 5.97 Å². The van der Waals surface area contributed by atoms with Crippen LogP contribution >= 0.6 is 0 Å². The predicted octanol–water partition coefficient (Wildman–Crippen LogP) is 0.882. The number of rotatable bonds is 4. The number of hydrogen-bond acceptors (Lipinski definition) is 4. The van der Waals surface area contributed by atoms with Gasteiger partial charge in [0.2, 0.25) is 0 Å². The third kappa shape index (κ3) is 2.33. The van der Waals surface area contributed by atoms with E-state index in [-0.39, 0.29) is 5.97 Å². The summed E-state index contributed by atoms with van der Waals surface area (Å²) in [4.78, 5) is 11.3. The Morgan fingerprint density at radius 2 is 2.25 bits per heavy atom. The molecule has 0 aromatic heterocycles. The summed E-state index contributed by atoms with van der Waals surface area (Å²) in [5.41, 5.74) is 6.55. The van der Waals surface area contributed by atoms with E-state index in [0.29, 0.717) is 19.6 Å². The van der Waals surface area contributed by atoms with Crippen molar-refractivity contribution in [1.29, 1.82) is 0 Å². The van der Waals surface area contributed by atoms with E-state index < -0.39 is 6.10 Å². The van der Waals surface area contributed by atoms with Gasteiger partial charge in [0.1, 0.15) is 5.75 Å². The number of hydrogen-bond donors (Lipinski definition) is 1. The van der Waals surface area contributed by atoms with Crippen molar-refractivity contribution >= 4 is 5.97 Å². The molecule has 0 saturated carbocycles. The monoisotopic (exact) mass is 221 g/mol. The maximum Gasteiger partial charge on any atom is 0.347 e. The molecule has 0 radical (unpaired) electrons. The van der Waals surface area contributed by atoms with Crippen molar-refractivity contribution < 1.29 is 14.3 Å². The lowest BCUT2D eigenvalue weighted by atomic mass is 10.1. The Morgan fingerprint density at radius 1 is 1.44 bits per heavy atom. The Labute approximate surface area is 94.3 Å². The molecule has 16 heavy (non-hydrogen) atoms. The highest BCUT2D eigenvalue weighted by molar-refractivity contribution is 5.76. The zero-order valence-electron chi connectivity index (χ0n) is 9.02. The first-order valence-electron chi connectivity index (χ1n) is 5.42. The number of carbonyl (C=O) groups is 1. The molecular formula is C12H15NO3. The van der Waals surface area contributed by atoms with Crippen LogP contribution < -0.4 is 10.5 Å². The van der Waals surface area contributed by atoms with Gasteiger partial charge in [0, 0.05) is 6.42 Å². The number of esters is 1. The van der Waals surface area contributed by atoms with Gasteiger partial charge < -0.3 is 15.2 Å². The van der Waals surface area contributed by atoms with E-state index in [2.05, 4.69) is 0 Å². The third-order valence-electron chi connectivity index (χ3n) is 2.54. The van der Waals surface area contributed by atoms with E-state index in [4.69, 9.17) is 15.2 Å². The largest absolute Gasteiger partial charge is 0.478 e. The number of ether oxygens (including phenoxy) is 2. The van der Waals surface area contributed by atoms with Crippen molar-refractivity contribution in [3.8, 4) is 5.75 Å². The molecule has 1 aromatic rings. The molecular weight excluding hydrogens is 206 g/mol. The summed E-state index contributed by atoms with van der Waals surface area (Å²) in [6, 6.07) is 7.64. The number of carbonyl (C=O) groups excluding carboxylic acids is 1. The molecule has 0 aliphatic carbocycles. The Kier molecular flexibility index (Phi) is 3.41. The van der Waals surface area contributed by atoms with Crippen LogP contribution in [0.4, 0.5) is 0 Å². The molecule has 1 aromatic carbocycles. The van der Waals surface area contributed by atoms with E-state index in [0.717, 1.165) is 17.7 Å². The molecule has 1 unspecified atom stereocenters. The van der Waals surface area contributed by atoms with Crippen molar-refractivity contribution in [3.63, 3.8) is 0 Å². The lowest BCUT2D eigenvalue weighted by Crippen LogP contribution is -2.22. The van der Waals surface area contributed by atoms with Gasteiger partial charge in [-0.2, -0.15) is 0 Å². The molecule has 2 N–H and O–H groups in total. The molecule has 0 amide bonds. The smallest absolute Gasteiger partial charge is 0.347 e. The maximum absolute atomic E-state index is 11.3.